The minimum Gasteiger partial charge on any atom is -0.491 e. The van der Waals surface area contributed by atoms with Gasteiger partial charge >= 0.3 is 5.97 Å². The lowest BCUT2D eigenvalue weighted by Gasteiger charge is -2.09. The summed E-state index contributed by atoms with van der Waals surface area (Å²) in [6.45, 7) is 2.76. The zero-order valence-corrected chi connectivity index (χ0v) is 18.4. The maximum absolute atomic E-state index is 11.1. The summed E-state index contributed by atoms with van der Waals surface area (Å²) in [5.41, 5.74) is 10.6. The van der Waals surface area contributed by atoms with E-state index in [4.69, 9.17) is 20.3 Å². The normalized spacial score (nSPS) is 11.1. The topological polar surface area (TPSA) is 86.7 Å². The lowest BCUT2D eigenvalue weighted by molar-refractivity contribution is 0.0697. The molecule has 4 rings (SSSR count). The maximum Gasteiger partial charge on any atom is 0.335 e. The van der Waals surface area contributed by atoms with Crippen LogP contribution in [0.5, 0.6) is 5.75 Å². The second kappa shape index (κ2) is 10.8. The van der Waals surface area contributed by atoms with Gasteiger partial charge in [0.1, 0.15) is 12.4 Å². The van der Waals surface area contributed by atoms with E-state index in [0.717, 1.165) is 34.2 Å². The second-order valence-electron chi connectivity index (χ2n) is 7.89. The van der Waals surface area contributed by atoms with E-state index in [1.165, 1.54) is 5.56 Å². The molecule has 6 heteroatoms. The fourth-order valence-electron chi connectivity index (χ4n) is 3.86. The van der Waals surface area contributed by atoms with Crippen LogP contribution in [0.2, 0.25) is 0 Å². The van der Waals surface area contributed by atoms with E-state index < -0.39 is 5.97 Å². The SMILES string of the molecule is NCCc1cn(Cc2ccc(C(=O)O)cc2)c2ccc(OCCOCc3ccccc3)cc12. The van der Waals surface area contributed by atoms with Gasteiger partial charge in [-0.3, -0.25) is 0 Å². The first-order valence-corrected chi connectivity index (χ1v) is 11.0. The van der Waals surface area contributed by atoms with Crippen molar-refractivity contribution in [3.63, 3.8) is 0 Å². The minimum atomic E-state index is -0.920. The third-order valence-corrected chi connectivity index (χ3v) is 5.51. The van der Waals surface area contributed by atoms with Gasteiger partial charge in [0.15, 0.2) is 0 Å². The van der Waals surface area contributed by atoms with Crippen LogP contribution in [0.15, 0.2) is 79.0 Å². The highest BCUT2D eigenvalue weighted by molar-refractivity contribution is 5.87. The second-order valence-corrected chi connectivity index (χ2v) is 7.89. The van der Waals surface area contributed by atoms with Gasteiger partial charge in [0.2, 0.25) is 0 Å². The summed E-state index contributed by atoms with van der Waals surface area (Å²) < 4.78 is 13.8. The number of hydrogen-bond acceptors (Lipinski definition) is 4. The molecule has 0 atom stereocenters. The van der Waals surface area contributed by atoms with Crippen LogP contribution in [0, 0.1) is 0 Å². The lowest BCUT2D eigenvalue weighted by Crippen LogP contribution is -2.06. The van der Waals surface area contributed by atoms with Crippen molar-refractivity contribution in [3.05, 3.63) is 101 Å². The van der Waals surface area contributed by atoms with Crippen molar-refractivity contribution in [3.8, 4) is 5.75 Å². The number of carboxylic acid groups (broad SMARTS) is 1. The van der Waals surface area contributed by atoms with Gasteiger partial charge < -0.3 is 24.9 Å². The number of rotatable bonds is 11. The molecule has 170 valence electrons. The smallest absolute Gasteiger partial charge is 0.335 e. The summed E-state index contributed by atoms with van der Waals surface area (Å²) in [4.78, 5) is 11.1. The molecule has 1 aromatic heterocycles. The van der Waals surface area contributed by atoms with E-state index in [1.807, 2.05) is 48.5 Å². The Bertz CT molecular complexity index is 1200. The standard InChI is InChI=1S/C27H28N2O4/c28-13-12-23-18-29(17-20-6-8-22(9-7-20)27(30)31)26-11-10-24(16-25(23)26)33-15-14-32-19-21-4-2-1-3-5-21/h1-11,16,18H,12-15,17,19,28H2,(H,30,31). The first-order chi connectivity index (χ1) is 16.1. The highest BCUT2D eigenvalue weighted by Gasteiger charge is 2.11. The van der Waals surface area contributed by atoms with Crippen molar-refractivity contribution in [2.75, 3.05) is 19.8 Å². The van der Waals surface area contributed by atoms with E-state index in [9.17, 15) is 4.79 Å². The Labute approximate surface area is 193 Å². The van der Waals surface area contributed by atoms with Crippen LogP contribution in [0.1, 0.15) is 27.0 Å². The van der Waals surface area contributed by atoms with Crippen LogP contribution in [0.25, 0.3) is 10.9 Å². The Kier molecular flexibility index (Phi) is 7.40. The fourth-order valence-corrected chi connectivity index (χ4v) is 3.86. The van der Waals surface area contributed by atoms with E-state index in [1.54, 1.807) is 12.1 Å². The van der Waals surface area contributed by atoms with Crippen LogP contribution in [0.3, 0.4) is 0 Å². The van der Waals surface area contributed by atoms with E-state index >= 15 is 0 Å². The molecule has 3 aromatic carbocycles. The van der Waals surface area contributed by atoms with Crippen molar-refractivity contribution < 1.29 is 19.4 Å². The summed E-state index contributed by atoms with van der Waals surface area (Å²) in [6.07, 6.45) is 2.89. The van der Waals surface area contributed by atoms with E-state index in [-0.39, 0.29) is 5.56 Å². The highest BCUT2D eigenvalue weighted by atomic mass is 16.5. The number of carbonyl (C=O) groups is 1. The number of benzene rings is 3. The molecule has 0 unspecified atom stereocenters. The van der Waals surface area contributed by atoms with Gasteiger partial charge in [0.25, 0.3) is 0 Å². The predicted molar refractivity (Wildman–Crippen MR) is 129 cm³/mol. The molecule has 0 saturated heterocycles. The van der Waals surface area contributed by atoms with Gasteiger partial charge in [-0.25, -0.2) is 4.79 Å². The number of ether oxygens (including phenoxy) is 2. The van der Waals surface area contributed by atoms with Crippen molar-refractivity contribution in [1.82, 2.24) is 4.57 Å². The molecule has 0 amide bonds. The predicted octanol–water partition coefficient (Wildman–Crippen LogP) is 4.48. The Hall–Kier alpha value is -3.61. The first kappa shape index (κ1) is 22.6. The summed E-state index contributed by atoms with van der Waals surface area (Å²) >= 11 is 0. The van der Waals surface area contributed by atoms with Gasteiger partial charge in [-0.15, -0.1) is 0 Å². The summed E-state index contributed by atoms with van der Waals surface area (Å²) in [6, 6.07) is 23.1. The number of carboxylic acids is 1. The molecule has 3 N–H and O–H groups in total. The van der Waals surface area contributed by atoms with Crippen molar-refractivity contribution in [2.24, 2.45) is 5.73 Å². The Morgan fingerprint density at radius 1 is 0.939 bits per heavy atom. The Morgan fingerprint density at radius 3 is 2.45 bits per heavy atom. The number of nitrogens with two attached hydrogens (primary N) is 1. The van der Waals surface area contributed by atoms with Crippen LogP contribution in [0.4, 0.5) is 0 Å². The molecule has 1 heterocycles. The molecule has 0 spiro atoms. The number of hydrogen-bond donors (Lipinski definition) is 2. The summed E-state index contributed by atoms with van der Waals surface area (Å²) in [7, 11) is 0. The van der Waals surface area contributed by atoms with E-state index in [0.29, 0.717) is 32.9 Å². The average molecular weight is 445 g/mol. The molecular weight excluding hydrogens is 416 g/mol. The van der Waals surface area contributed by atoms with Crippen LogP contribution < -0.4 is 10.5 Å². The van der Waals surface area contributed by atoms with Crippen LogP contribution in [-0.4, -0.2) is 35.4 Å². The molecule has 4 aromatic rings. The third-order valence-electron chi connectivity index (χ3n) is 5.51. The Morgan fingerprint density at radius 2 is 1.73 bits per heavy atom. The van der Waals surface area contributed by atoms with Gasteiger partial charge in [0, 0.05) is 23.6 Å². The van der Waals surface area contributed by atoms with Crippen molar-refractivity contribution in [2.45, 2.75) is 19.6 Å². The van der Waals surface area contributed by atoms with Gasteiger partial charge in [0.05, 0.1) is 18.8 Å². The quantitative estimate of drug-likeness (QED) is 0.333. The van der Waals surface area contributed by atoms with Gasteiger partial charge in [-0.2, -0.15) is 0 Å². The Balaban J connectivity index is 1.42. The minimum absolute atomic E-state index is 0.287. The number of fused-ring (bicyclic) bond motifs is 1. The lowest BCUT2D eigenvalue weighted by atomic mass is 10.1. The molecule has 6 nitrogen and oxygen atoms in total. The third kappa shape index (κ3) is 5.80. The first-order valence-electron chi connectivity index (χ1n) is 11.0. The molecule has 0 saturated carbocycles. The monoisotopic (exact) mass is 444 g/mol. The van der Waals surface area contributed by atoms with E-state index in [2.05, 4.69) is 22.9 Å². The van der Waals surface area contributed by atoms with Crippen LogP contribution >= 0.6 is 0 Å². The summed E-state index contributed by atoms with van der Waals surface area (Å²) in [5.74, 6) is -0.121. The zero-order chi connectivity index (χ0) is 23.0. The molecule has 0 aliphatic heterocycles. The van der Waals surface area contributed by atoms with Gasteiger partial charge in [-0.05, 0) is 60.0 Å². The molecule has 33 heavy (non-hydrogen) atoms. The molecule has 0 aliphatic carbocycles. The number of aromatic nitrogens is 1. The summed E-state index contributed by atoms with van der Waals surface area (Å²) in [5, 5.41) is 10.2. The molecule has 0 radical (unpaired) electrons. The molecule has 0 fully saturated rings. The largest absolute Gasteiger partial charge is 0.491 e. The molecule has 0 bridgehead atoms. The zero-order valence-electron chi connectivity index (χ0n) is 18.4. The molecular formula is C27H28N2O4. The number of aromatic carboxylic acids is 1. The fraction of sp³-hybridized carbons (Fsp3) is 0.222. The van der Waals surface area contributed by atoms with Crippen molar-refractivity contribution >= 4 is 16.9 Å². The maximum atomic E-state index is 11.1. The van der Waals surface area contributed by atoms with Crippen LogP contribution in [-0.2, 0) is 24.3 Å². The average Bonchev–Trinajstić information content (AvgIpc) is 3.16. The van der Waals surface area contributed by atoms with Gasteiger partial charge in [-0.1, -0.05) is 42.5 Å². The molecule has 0 aliphatic rings. The highest BCUT2D eigenvalue weighted by Crippen LogP contribution is 2.27. The van der Waals surface area contributed by atoms with Crippen molar-refractivity contribution in [1.29, 1.82) is 0 Å². The number of nitrogens with zero attached hydrogens (tertiary/aromatic N) is 1.